The first-order valence-electron chi connectivity index (χ1n) is 6.92. The van der Waals surface area contributed by atoms with Crippen LogP contribution in [-0.4, -0.2) is 20.1 Å². The second-order valence-electron chi connectivity index (χ2n) is 5.52. The lowest BCUT2D eigenvalue weighted by molar-refractivity contribution is 0.274. The van der Waals surface area contributed by atoms with Crippen molar-refractivity contribution in [3.05, 3.63) is 11.4 Å². The van der Waals surface area contributed by atoms with Gasteiger partial charge in [0.15, 0.2) is 0 Å². The lowest BCUT2D eigenvalue weighted by Crippen LogP contribution is -2.17. The van der Waals surface area contributed by atoms with E-state index in [2.05, 4.69) is 15.0 Å². The molecule has 3 rings (SSSR count). The molecule has 0 bridgehead atoms. The summed E-state index contributed by atoms with van der Waals surface area (Å²) in [4.78, 5) is 0. The Hall–Kier alpha value is -0.900. The summed E-state index contributed by atoms with van der Waals surface area (Å²) < 4.78 is 2.13. The van der Waals surface area contributed by atoms with Crippen molar-refractivity contribution in [1.29, 1.82) is 0 Å². The van der Waals surface area contributed by atoms with Gasteiger partial charge in [-0.3, -0.25) is 0 Å². The summed E-state index contributed by atoms with van der Waals surface area (Å²) in [6, 6.07) is 0.533. The van der Waals surface area contributed by atoms with Gasteiger partial charge in [-0.1, -0.05) is 24.5 Å². The van der Waals surface area contributed by atoms with Gasteiger partial charge in [-0.2, -0.15) is 0 Å². The van der Waals surface area contributed by atoms with E-state index >= 15 is 0 Å². The molecule has 1 aromatic heterocycles. The fourth-order valence-electron chi connectivity index (χ4n) is 2.89. The second-order valence-corrected chi connectivity index (χ2v) is 5.52. The number of hydrogen-bond donors (Lipinski definition) is 1. The first-order valence-corrected chi connectivity index (χ1v) is 6.92. The first-order chi connectivity index (χ1) is 8.38. The molecule has 2 fully saturated rings. The molecule has 4 heteroatoms. The lowest BCUT2D eigenvalue weighted by Gasteiger charge is -2.23. The molecule has 1 N–H and O–H groups in total. The highest BCUT2D eigenvalue weighted by atomic mass is 16.3. The van der Waals surface area contributed by atoms with E-state index in [-0.39, 0.29) is 6.61 Å². The zero-order valence-electron chi connectivity index (χ0n) is 10.3. The van der Waals surface area contributed by atoms with E-state index in [9.17, 15) is 5.11 Å². The number of nitrogens with zero attached hydrogens (tertiary/aromatic N) is 3. The van der Waals surface area contributed by atoms with Crippen LogP contribution in [-0.2, 0) is 13.0 Å². The molecular weight excluding hydrogens is 214 g/mol. The molecule has 0 radical (unpaired) electrons. The number of aliphatic hydroxyl groups excluding tert-OH is 1. The molecule has 0 amide bonds. The summed E-state index contributed by atoms with van der Waals surface area (Å²) in [5.74, 6) is 0.821. The monoisotopic (exact) mass is 235 g/mol. The third kappa shape index (κ3) is 2.37. The van der Waals surface area contributed by atoms with Gasteiger partial charge in [0.2, 0.25) is 0 Å². The molecule has 17 heavy (non-hydrogen) atoms. The quantitative estimate of drug-likeness (QED) is 0.870. The highest BCUT2D eigenvalue weighted by Gasteiger charge is 2.28. The molecule has 2 aliphatic rings. The van der Waals surface area contributed by atoms with Crippen LogP contribution in [0.1, 0.15) is 62.4 Å². The van der Waals surface area contributed by atoms with E-state index in [0.717, 1.165) is 18.0 Å². The zero-order chi connectivity index (χ0) is 11.7. The standard InChI is InChI=1S/C13H21N3O/c17-9-12-13(8-10-6-7-10)16(15-14-12)11-4-2-1-3-5-11/h10-11,17H,1-9H2. The molecular formula is C13H21N3O. The minimum Gasteiger partial charge on any atom is -0.390 e. The molecule has 2 aliphatic carbocycles. The van der Waals surface area contributed by atoms with Crippen molar-refractivity contribution in [3.63, 3.8) is 0 Å². The van der Waals surface area contributed by atoms with Crippen molar-refractivity contribution in [2.24, 2.45) is 5.92 Å². The lowest BCUT2D eigenvalue weighted by atomic mass is 9.95. The van der Waals surface area contributed by atoms with Gasteiger partial charge < -0.3 is 5.11 Å². The largest absolute Gasteiger partial charge is 0.390 e. The molecule has 0 atom stereocenters. The van der Waals surface area contributed by atoms with Crippen LogP contribution >= 0.6 is 0 Å². The molecule has 1 aromatic rings. The summed E-state index contributed by atoms with van der Waals surface area (Å²) in [7, 11) is 0. The minimum absolute atomic E-state index is 0.0365. The van der Waals surface area contributed by atoms with Gasteiger partial charge in [-0.25, -0.2) is 4.68 Å². The van der Waals surface area contributed by atoms with Crippen LogP contribution < -0.4 is 0 Å². The average Bonchev–Trinajstić information content (AvgIpc) is 3.09. The molecule has 2 saturated carbocycles. The van der Waals surface area contributed by atoms with Crippen LogP contribution in [0.15, 0.2) is 0 Å². The minimum atomic E-state index is 0.0365. The van der Waals surface area contributed by atoms with E-state index in [4.69, 9.17) is 0 Å². The maximum absolute atomic E-state index is 9.35. The summed E-state index contributed by atoms with van der Waals surface area (Å²) >= 11 is 0. The summed E-state index contributed by atoms with van der Waals surface area (Å²) in [5, 5.41) is 17.8. The third-order valence-corrected chi connectivity index (χ3v) is 4.12. The van der Waals surface area contributed by atoms with Crippen molar-refractivity contribution in [2.75, 3.05) is 0 Å². The molecule has 0 unspecified atom stereocenters. The van der Waals surface area contributed by atoms with Gasteiger partial charge in [0.05, 0.1) is 18.3 Å². The number of aliphatic hydroxyl groups is 1. The van der Waals surface area contributed by atoms with E-state index in [1.807, 2.05) is 0 Å². The van der Waals surface area contributed by atoms with Crippen molar-refractivity contribution in [3.8, 4) is 0 Å². The Bertz CT molecular complexity index is 378. The van der Waals surface area contributed by atoms with Crippen LogP contribution in [0.2, 0.25) is 0 Å². The molecule has 4 nitrogen and oxygen atoms in total. The molecule has 0 saturated heterocycles. The van der Waals surface area contributed by atoms with Crippen LogP contribution in [0.4, 0.5) is 0 Å². The van der Waals surface area contributed by atoms with Gasteiger partial charge in [0.25, 0.3) is 0 Å². The number of hydrogen-bond acceptors (Lipinski definition) is 3. The van der Waals surface area contributed by atoms with E-state index in [1.165, 1.54) is 50.6 Å². The summed E-state index contributed by atoms with van der Waals surface area (Å²) in [5.41, 5.74) is 2.02. The zero-order valence-corrected chi connectivity index (χ0v) is 10.3. The molecule has 0 aliphatic heterocycles. The van der Waals surface area contributed by atoms with Gasteiger partial charge >= 0.3 is 0 Å². The average molecular weight is 235 g/mol. The Labute approximate surface area is 102 Å². The van der Waals surface area contributed by atoms with Crippen molar-refractivity contribution >= 4 is 0 Å². The van der Waals surface area contributed by atoms with Crippen molar-refractivity contribution < 1.29 is 5.11 Å². The normalized spacial score (nSPS) is 21.9. The van der Waals surface area contributed by atoms with Crippen molar-refractivity contribution in [1.82, 2.24) is 15.0 Å². The Morgan fingerprint density at radius 2 is 1.88 bits per heavy atom. The van der Waals surface area contributed by atoms with Gasteiger partial charge in [-0.05, 0) is 38.0 Å². The summed E-state index contributed by atoms with van der Waals surface area (Å²) in [6.45, 7) is 0.0365. The smallest absolute Gasteiger partial charge is 0.111 e. The summed E-state index contributed by atoms with van der Waals surface area (Å²) in [6.07, 6.45) is 10.2. The van der Waals surface area contributed by atoms with E-state index < -0.39 is 0 Å². The van der Waals surface area contributed by atoms with Crippen LogP contribution in [0.5, 0.6) is 0 Å². The maximum Gasteiger partial charge on any atom is 0.111 e. The van der Waals surface area contributed by atoms with Crippen LogP contribution in [0, 0.1) is 5.92 Å². The maximum atomic E-state index is 9.35. The van der Waals surface area contributed by atoms with Gasteiger partial charge in [-0.15, -0.1) is 5.10 Å². The van der Waals surface area contributed by atoms with Crippen molar-refractivity contribution in [2.45, 2.75) is 64.0 Å². The highest BCUT2D eigenvalue weighted by molar-refractivity contribution is 5.12. The molecule has 0 spiro atoms. The Morgan fingerprint density at radius 1 is 1.12 bits per heavy atom. The molecule has 1 heterocycles. The highest BCUT2D eigenvalue weighted by Crippen LogP contribution is 2.35. The Balaban J connectivity index is 1.83. The van der Waals surface area contributed by atoms with E-state index in [0.29, 0.717) is 6.04 Å². The predicted octanol–water partition coefficient (Wildman–Crippen LogP) is 2.23. The molecule has 94 valence electrons. The molecule has 0 aromatic carbocycles. The number of rotatable bonds is 4. The van der Waals surface area contributed by atoms with Crippen LogP contribution in [0.25, 0.3) is 0 Å². The fourth-order valence-corrected chi connectivity index (χ4v) is 2.89. The van der Waals surface area contributed by atoms with E-state index in [1.54, 1.807) is 0 Å². The van der Waals surface area contributed by atoms with Crippen LogP contribution in [0.3, 0.4) is 0 Å². The third-order valence-electron chi connectivity index (χ3n) is 4.12. The Kier molecular flexibility index (Phi) is 3.14. The SMILES string of the molecule is OCc1nnn(C2CCCCC2)c1CC1CC1. The fraction of sp³-hybridized carbons (Fsp3) is 0.846. The number of aromatic nitrogens is 3. The Morgan fingerprint density at radius 3 is 2.53 bits per heavy atom. The second kappa shape index (κ2) is 4.77. The first kappa shape index (κ1) is 11.2. The topological polar surface area (TPSA) is 50.9 Å². The van der Waals surface area contributed by atoms with Gasteiger partial charge in [0, 0.05) is 0 Å². The predicted molar refractivity (Wildman–Crippen MR) is 64.5 cm³/mol. The van der Waals surface area contributed by atoms with Gasteiger partial charge in [0.1, 0.15) is 5.69 Å².